The van der Waals surface area contributed by atoms with E-state index in [1.165, 1.54) is 11.1 Å². The van der Waals surface area contributed by atoms with Crippen LogP contribution in [-0.2, 0) is 13.5 Å². The standard InChI is InChI=1S/C20H21ClN2O2S/c1-5-13-6-8-14(9-7-13)17-12-26-20(23(17)2)22-16-11-18(24-3)15(21)10-19(16)25-4/h6-12H,5H2,1-4H3. The second kappa shape index (κ2) is 7.98. The van der Waals surface area contributed by atoms with Crippen LogP contribution in [0.2, 0.25) is 5.02 Å². The molecule has 26 heavy (non-hydrogen) atoms. The second-order valence-corrected chi connectivity index (χ2v) is 7.03. The summed E-state index contributed by atoms with van der Waals surface area (Å²) in [6.45, 7) is 2.16. The van der Waals surface area contributed by atoms with E-state index in [0.29, 0.717) is 22.2 Å². The molecular weight excluding hydrogens is 368 g/mol. The minimum absolute atomic E-state index is 0.496. The summed E-state index contributed by atoms with van der Waals surface area (Å²) in [4.78, 5) is 5.62. The van der Waals surface area contributed by atoms with Gasteiger partial charge in [-0.25, -0.2) is 4.99 Å². The molecule has 0 radical (unpaired) electrons. The maximum atomic E-state index is 6.17. The summed E-state index contributed by atoms with van der Waals surface area (Å²) in [5.41, 5.74) is 4.30. The molecule has 0 aliphatic rings. The Labute approximate surface area is 162 Å². The maximum absolute atomic E-state index is 6.17. The summed E-state index contributed by atoms with van der Waals surface area (Å²) in [7, 11) is 5.20. The first-order chi connectivity index (χ1) is 12.6. The van der Waals surface area contributed by atoms with Crippen molar-refractivity contribution in [3.63, 3.8) is 0 Å². The van der Waals surface area contributed by atoms with Gasteiger partial charge in [0.25, 0.3) is 0 Å². The van der Waals surface area contributed by atoms with Gasteiger partial charge < -0.3 is 14.0 Å². The largest absolute Gasteiger partial charge is 0.495 e. The Morgan fingerprint density at radius 3 is 2.38 bits per heavy atom. The third kappa shape index (κ3) is 3.64. The van der Waals surface area contributed by atoms with Gasteiger partial charge in [0.05, 0.1) is 24.9 Å². The number of halogens is 1. The number of benzene rings is 2. The van der Waals surface area contributed by atoms with Crippen molar-refractivity contribution in [3.05, 3.63) is 57.2 Å². The first kappa shape index (κ1) is 18.5. The van der Waals surface area contributed by atoms with E-state index >= 15 is 0 Å². The third-order valence-corrected chi connectivity index (χ3v) is 5.46. The molecule has 1 heterocycles. The maximum Gasteiger partial charge on any atom is 0.190 e. The van der Waals surface area contributed by atoms with Crippen LogP contribution in [0.25, 0.3) is 11.3 Å². The van der Waals surface area contributed by atoms with Crippen molar-refractivity contribution in [3.8, 4) is 22.8 Å². The van der Waals surface area contributed by atoms with Crippen LogP contribution < -0.4 is 14.3 Å². The minimum atomic E-state index is 0.496. The molecule has 0 fully saturated rings. The molecule has 4 nitrogen and oxygen atoms in total. The predicted molar refractivity (Wildman–Crippen MR) is 108 cm³/mol. The van der Waals surface area contributed by atoms with Crippen LogP contribution in [0.15, 0.2) is 46.8 Å². The van der Waals surface area contributed by atoms with E-state index in [1.807, 2.05) is 7.05 Å². The number of aryl methyl sites for hydroxylation is 1. The fraction of sp³-hybridized carbons (Fsp3) is 0.250. The van der Waals surface area contributed by atoms with Gasteiger partial charge in [-0.1, -0.05) is 42.8 Å². The van der Waals surface area contributed by atoms with Gasteiger partial charge in [0, 0.05) is 24.6 Å². The van der Waals surface area contributed by atoms with Crippen LogP contribution in [-0.4, -0.2) is 18.8 Å². The molecular formula is C20H21ClN2O2S. The van der Waals surface area contributed by atoms with Gasteiger partial charge in [-0.3, -0.25) is 0 Å². The van der Waals surface area contributed by atoms with Gasteiger partial charge >= 0.3 is 0 Å². The topological polar surface area (TPSA) is 35.8 Å². The van der Waals surface area contributed by atoms with Crippen LogP contribution in [0.5, 0.6) is 11.5 Å². The molecule has 2 aromatic carbocycles. The van der Waals surface area contributed by atoms with Crippen molar-refractivity contribution in [1.29, 1.82) is 0 Å². The second-order valence-electron chi connectivity index (χ2n) is 5.78. The molecule has 0 spiro atoms. The molecule has 6 heteroatoms. The van der Waals surface area contributed by atoms with Crippen molar-refractivity contribution in [2.75, 3.05) is 14.2 Å². The quantitative estimate of drug-likeness (QED) is 0.600. The minimum Gasteiger partial charge on any atom is -0.495 e. The highest BCUT2D eigenvalue weighted by Crippen LogP contribution is 2.37. The van der Waals surface area contributed by atoms with Crippen molar-refractivity contribution in [2.45, 2.75) is 13.3 Å². The molecule has 0 amide bonds. The van der Waals surface area contributed by atoms with Crippen molar-refractivity contribution in [1.82, 2.24) is 4.57 Å². The van der Waals surface area contributed by atoms with Gasteiger partial charge in [-0.05, 0) is 17.5 Å². The summed E-state index contributed by atoms with van der Waals surface area (Å²) in [6.07, 6.45) is 1.04. The average molecular weight is 389 g/mol. The molecule has 1 aromatic heterocycles. The van der Waals surface area contributed by atoms with Crippen molar-refractivity contribution >= 4 is 28.6 Å². The van der Waals surface area contributed by atoms with E-state index in [4.69, 9.17) is 26.1 Å². The number of thiazole rings is 1. The number of nitrogens with zero attached hydrogens (tertiary/aromatic N) is 2. The number of rotatable bonds is 5. The zero-order valence-electron chi connectivity index (χ0n) is 15.2. The third-order valence-electron chi connectivity index (χ3n) is 4.25. The SMILES string of the molecule is CCc1ccc(-c2csc(=Nc3cc(OC)c(Cl)cc3OC)n2C)cc1. The van der Waals surface area contributed by atoms with Gasteiger partial charge in [0.2, 0.25) is 0 Å². The van der Waals surface area contributed by atoms with Gasteiger partial charge in [-0.15, -0.1) is 11.3 Å². The average Bonchev–Trinajstić information content (AvgIpc) is 3.03. The summed E-state index contributed by atoms with van der Waals surface area (Å²) >= 11 is 7.75. The first-order valence-corrected chi connectivity index (χ1v) is 9.53. The number of aromatic nitrogens is 1. The van der Waals surface area contributed by atoms with Crippen LogP contribution in [0.1, 0.15) is 12.5 Å². The Balaban J connectivity index is 2.07. The molecule has 0 atom stereocenters. The van der Waals surface area contributed by atoms with Crippen LogP contribution in [0.3, 0.4) is 0 Å². The van der Waals surface area contributed by atoms with Gasteiger partial charge in [0.1, 0.15) is 17.2 Å². The molecule has 0 aliphatic carbocycles. The van der Waals surface area contributed by atoms with E-state index in [0.717, 1.165) is 16.9 Å². The number of methoxy groups -OCH3 is 2. The number of hydrogen-bond donors (Lipinski definition) is 0. The zero-order valence-corrected chi connectivity index (χ0v) is 16.8. The normalized spacial score (nSPS) is 11.7. The molecule has 0 saturated heterocycles. The van der Waals surface area contributed by atoms with Crippen LogP contribution >= 0.6 is 22.9 Å². The summed E-state index contributed by atoms with van der Waals surface area (Å²) < 4.78 is 12.8. The highest BCUT2D eigenvalue weighted by molar-refractivity contribution is 7.07. The Hall–Kier alpha value is -2.24. The van der Waals surface area contributed by atoms with Gasteiger partial charge in [0.15, 0.2) is 4.80 Å². The molecule has 3 rings (SSSR count). The number of ether oxygens (including phenoxy) is 2. The summed E-state index contributed by atoms with van der Waals surface area (Å²) in [5.74, 6) is 1.18. The molecule has 3 aromatic rings. The van der Waals surface area contributed by atoms with E-state index in [1.54, 1.807) is 37.7 Å². The highest BCUT2D eigenvalue weighted by atomic mass is 35.5. The van der Waals surface area contributed by atoms with Gasteiger partial charge in [-0.2, -0.15) is 0 Å². The smallest absolute Gasteiger partial charge is 0.190 e. The number of hydrogen-bond acceptors (Lipinski definition) is 4. The Bertz CT molecular complexity index is 974. The van der Waals surface area contributed by atoms with E-state index in [2.05, 4.69) is 41.1 Å². The Morgan fingerprint density at radius 1 is 1.08 bits per heavy atom. The van der Waals surface area contributed by atoms with Crippen LogP contribution in [0.4, 0.5) is 5.69 Å². The van der Waals surface area contributed by atoms with Crippen molar-refractivity contribution in [2.24, 2.45) is 12.0 Å². The molecule has 0 bridgehead atoms. The lowest BCUT2D eigenvalue weighted by atomic mass is 10.1. The van der Waals surface area contributed by atoms with Crippen LogP contribution in [0, 0.1) is 0 Å². The zero-order chi connectivity index (χ0) is 18.7. The monoisotopic (exact) mass is 388 g/mol. The highest BCUT2D eigenvalue weighted by Gasteiger charge is 2.11. The fourth-order valence-corrected chi connectivity index (χ4v) is 3.83. The lowest BCUT2D eigenvalue weighted by Crippen LogP contribution is -2.11. The molecule has 0 saturated carbocycles. The van der Waals surface area contributed by atoms with E-state index in [-0.39, 0.29) is 0 Å². The molecule has 0 N–H and O–H groups in total. The van der Waals surface area contributed by atoms with E-state index < -0.39 is 0 Å². The molecule has 0 unspecified atom stereocenters. The van der Waals surface area contributed by atoms with Crippen molar-refractivity contribution < 1.29 is 9.47 Å². The first-order valence-electron chi connectivity index (χ1n) is 8.27. The predicted octanol–water partition coefficient (Wildman–Crippen LogP) is 5.22. The summed E-state index contributed by atoms with van der Waals surface area (Å²) in [6, 6.07) is 12.1. The molecule has 0 aliphatic heterocycles. The van der Waals surface area contributed by atoms with E-state index in [9.17, 15) is 0 Å². The summed E-state index contributed by atoms with van der Waals surface area (Å²) in [5, 5.41) is 2.61. The lowest BCUT2D eigenvalue weighted by Gasteiger charge is -2.09. The lowest BCUT2D eigenvalue weighted by molar-refractivity contribution is 0.404. The fourth-order valence-electron chi connectivity index (χ4n) is 2.68. The Morgan fingerprint density at radius 2 is 1.77 bits per heavy atom. The Kier molecular flexibility index (Phi) is 5.69. The molecule has 136 valence electrons.